The first-order valence-electron chi connectivity index (χ1n) is 6.74. The molecule has 0 aromatic carbocycles. The van der Waals surface area contributed by atoms with Crippen LogP contribution >= 0.6 is 11.3 Å². The number of hydrogen-bond acceptors (Lipinski definition) is 5. The van der Waals surface area contributed by atoms with Crippen LogP contribution in [0.5, 0.6) is 0 Å². The predicted octanol–water partition coefficient (Wildman–Crippen LogP) is 3.21. The fourth-order valence-electron chi connectivity index (χ4n) is 2.35. The molecule has 0 fully saturated rings. The summed E-state index contributed by atoms with van der Waals surface area (Å²) in [4.78, 5) is 31.1. The smallest absolute Gasteiger partial charge is 0.355 e. The molecule has 0 aliphatic carbocycles. The first-order valence-corrected chi connectivity index (χ1v) is 7.62. The molecular weight excluding hydrogens is 288 g/mol. The van der Waals surface area contributed by atoms with Gasteiger partial charge in [-0.25, -0.2) is 9.78 Å². The van der Waals surface area contributed by atoms with E-state index in [1.807, 2.05) is 19.2 Å². The Balaban J connectivity index is 2.19. The number of H-pyrrole nitrogens is 1. The van der Waals surface area contributed by atoms with Crippen molar-refractivity contribution in [1.82, 2.24) is 9.97 Å². The molecule has 6 heteroatoms. The maximum atomic E-state index is 12.2. The van der Waals surface area contributed by atoms with Crippen molar-refractivity contribution < 1.29 is 14.3 Å². The van der Waals surface area contributed by atoms with Crippen LogP contribution in [0.25, 0.3) is 0 Å². The molecular formula is C15H18N2O3S. The molecule has 0 saturated heterocycles. The molecule has 0 unspecified atom stereocenters. The zero-order chi connectivity index (χ0) is 15.6. The molecule has 0 spiro atoms. The van der Waals surface area contributed by atoms with Crippen LogP contribution in [-0.4, -0.2) is 21.7 Å². The lowest BCUT2D eigenvalue weighted by molar-refractivity contribution is 0.0464. The van der Waals surface area contributed by atoms with Crippen molar-refractivity contribution in [2.24, 2.45) is 0 Å². The average Bonchev–Trinajstić information content (AvgIpc) is 2.99. The topological polar surface area (TPSA) is 72.0 Å². The van der Waals surface area contributed by atoms with Crippen LogP contribution in [0.15, 0.2) is 5.38 Å². The lowest BCUT2D eigenvalue weighted by Crippen LogP contribution is -2.09. The van der Waals surface area contributed by atoms with Crippen LogP contribution in [0.4, 0.5) is 0 Å². The van der Waals surface area contributed by atoms with Crippen LogP contribution in [-0.2, 0) is 17.8 Å². The highest BCUT2D eigenvalue weighted by atomic mass is 32.1. The number of rotatable bonds is 5. The highest BCUT2D eigenvalue weighted by Gasteiger charge is 2.22. The molecule has 5 nitrogen and oxygen atoms in total. The largest absolute Gasteiger partial charge is 0.454 e. The summed E-state index contributed by atoms with van der Waals surface area (Å²) in [7, 11) is 0. The normalized spacial score (nSPS) is 10.7. The SMILES string of the molecule is CCc1c(C(=O)OCc2nc(C)cs2)[nH]c(C)c1C(C)=O. The summed E-state index contributed by atoms with van der Waals surface area (Å²) in [5.74, 6) is -0.495. The zero-order valence-electron chi connectivity index (χ0n) is 12.6. The van der Waals surface area contributed by atoms with Gasteiger partial charge in [-0.2, -0.15) is 0 Å². The van der Waals surface area contributed by atoms with Crippen molar-refractivity contribution >= 4 is 23.1 Å². The highest BCUT2D eigenvalue weighted by Crippen LogP contribution is 2.21. The van der Waals surface area contributed by atoms with Gasteiger partial charge < -0.3 is 9.72 Å². The molecule has 0 aliphatic heterocycles. The van der Waals surface area contributed by atoms with Crippen molar-refractivity contribution in [2.45, 2.75) is 40.7 Å². The third kappa shape index (κ3) is 3.21. The summed E-state index contributed by atoms with van der Waals surface area (Å²) in [6, 6.07) is 0. The predicted molar refractivity (Wildman–Crippen MR) is 80.9 cm³/mol. The minimum absolute atomic E-state index is 0.0461. The van der Waals surface area contributed by atoms with Gasteiger partial charge in [0.05, 0.1) is 0 Å². The number of carbonyl (C=O) groups is 2. The molecule has 0 atom stereocenters. The van der Waals surface area contributed by atoms with Gasteiger partial charge in [0.25, 0.3) is 0 Å². The highest BCUT2D eigenvalue weighted by molar-refractivity contribution is 7.09. The summed E-state index contributed by atoms with van der Waals surface area (Å²) >= 11 is 1.46. The Morgan fingerprint density at radius 1 is 1.38 bits per heavy atom. The zero-order valence-corrected chi connectivity index (χ0v) is 13.4. The van der Waals surface area contributed by atoms with E-state index in [0.717, 1.165) is 16.3 Å². The second-order valence-electron chi connectivity index (χ2n) is 4.85. The number of hydrogen-bond donors (Lipinski definition) is 1. The van der Waals surface area contributed by atoms with E-state index in [0.29, 0.717) is 23.4 Å². The second kappa shape index (κ2) is 6.22. The minimum atomic E-state index is -0.449. The van der Waals surface area contributed by atoms with Gasteiger partial charge in [-0.05, 0) is 32.8 Å². The molecule has 21 heavy (non-hydrogen) atoms. The summed E-state index contributed by atoms with van der Waals surface area (Å²) in [5, 5.41) is 2.67. The van der Waals surface area contributed by atoms with Gasteiger partial charge >= 0.3 is 5.97 Å². The first-order chi connectivity index (χ1) is 9.93. The van der Waals surface area contributed by atoms with E-state index in [-0.39, 0.29) is 12.4 Å². The Morgan fingerprint density at radius 3 is 2.62 bits per heavy atom. The van der Waals surface area contributed by atoms with Gasteiger partial charge in [0.15, 0.2) is 5.78 Å². The van der Waals surface area contributed by atoms with Crippen molar-refractivity contribution in [3.05, 3.63) is 38.6 Å². The fraction of sp³-hybridized carbons (Fsp3) is 0.400. The van der Waals surface area contributed by atoms with Gasteiger partial charge in [-0.1, -0.05) is 6.92 Å². The van der Waals surface area contributed by atoms with Crippen LogP contribution in [0.1, 0.15) is 56.7 Å². The number of esters is 1. The minimum Gasteiger partial charge on any atom is -0.454 e. The number of Topliss-reactive ketones (excluding diaryl/α,β-unsaturated/α-hetero) is 1. The maximum Gasteiger partial charge on any atom is 0.355 e. The van der Waals surface area contributed by atoms with Gasteiger partial charge in [0.1, 0.15) is 17.3 Å². The maximum absolute atomic E-state index is 12.2. The van der Waals surface area contributed by atoms with E-state index >= 15 is 0 Å². The number of carbonyl (C=O) groups excluding carboxylic acids is 2. The Bertz CT molecular complexity index is 685. The van der Waals surface area contributed by atoms with Crippen LogP contribution < -0.4 is 0 Å². The summed E-state index contributed by atoms with van der Waals surface area (Å²) in [6.45, 7) is 7.24. The number of nitrogens with zero attached hydrogens (tertiary/aromatic N) is 1. The van der Waals surface area contributed by atoms with Crippen molar-refractivity contribution in [1.29, 1.82) is 0 Å². The monoisotopic (exact) mass is 306 g/mol. The number of nitrogens with one attached hydrogen (secondary N) is 1. The fourth-order valence-corrected chi connectivity index (χ4v) is 3.03. The summed E-state index contributed by atoms with van der Waals surface area (Å²) in [6.07, 6.45) is 0.597. The number of aromatic amines is 1. The molecule has 0 amide bonds. The number of aromatic nitrogens is 2. The van der Waals surface area contributed by atoms with Crippen molar-refractivity contribution in [3.63, 3.8) is 0 Å². The van der Waals surface area contributed by atoms with E-state index in [4.69, 9.17) is 4.74 Å². The Hall–Kier alpha value is -1.95. The molecule has 0 saturated carbocycles. The summed E-state index contributed by atoms with van der Waals surface area (Å²) in [5.41, 5.74) is 3.30. The lowest BCUT2D eigenvalue weighted by Gasteiger charge is -2.04. The Morgan fingerprint density at radius 2 is 2.10 bits per heavy atom. The molecule has 2 aromatic heterocycles. The average molecular weight is 306 g/mol. The van der Waals surface area contributed by atoms with Crippen LogP contribution in [0, 0.1) is 13.8 Å². The van der Waals surface area contributed by atoms with E-state index in [9.17, 15) is 9.59 Å². The van der Waals surface area contributed by atoms with E-state index in [2.05, 4.69) is 9.97 Å². The van der Waals surface area contributed by atoms with Crippen molar-refractivity contribution in [3.8, 4) is 0 Å². The second-order valence-corrected chi connectivity index (χ2v) is 5.79. The third-order valence-corrected chi connectivity index (χ3v) is 4.13. The molecule has 1 N–H and O–H groups in total. The molecule has 2 aromatic rings. The molecule has 2 heterocycles. The first kappa shape index (κ1) is 15.4. The van der Waals surface area contributed by atoms with E-state index in [1.165, 1.54) is 18.3 Å². The van der Waals surface area contributed by atoms with E-state index in [1.54, 1.807) is 6.92 Å². The number of ether oxygens (including phenoxy) is 1. The van der Waals surface area contributed by atoms with Crippen molar-refractivity contribution in [2.75, 3.05) is 0 Å². The van der Waals surface area contributed by atoms with Gasteiger partial charge in [-0.15, -0.1) is 11.3 Å². The van der Waals surface area contributed by atoms with Gasteiger partial charge in [0, 0.05) is 22.3 Å². The molecule has 112 valence electrons. The van der Waals surface area contributed by atoms with E-state index < -0.39 is 5.97 Å². The molecule has 0 aliphatic rings. The number of aryl methyl sites for hydroxylation is 2. The number of thiazole rings is 1. The Labute approximate surface area is 127 Å². The molecule has 2 rings (SSSR count). The molecule has 0 bridgehead atoms. The van der Waals surface area contributed by atoms with Crippen LogP contribution in [0.3, 0.4) is 0 Å². The van der Waals surface area contributed by atoms with Crippen LogP contribution in [0.2, 0.25) is 0 Å². The lowest BCUT2D eigenvalue weighted by atomic mass is 10.0. The standard InChI is InChI=1S/C15H18N2O3S/c1-5-11-13(10(4)18)9(3)17-14(11)15(19)20-6-12-16-8(2)7-21-12/h7,17H,5-6H2,1-4H3. The number of ketones is 1. The Kier molecular flexibility index (Phi) is 4.57. The third-order valence-electron chi connectivity index (χ3n) is 3.19. The molecule has 0 radical (unpaired) electrons. The van der Waals surface area contributed by atoms with Gasteiger partial charge in [0.2, 0.25) is 0 Å². The summed E-state index contributed by atoms with van der Waals surface area (Å²) < 4.78 is 5.28. The van der Waals surface area contributed by atoms with Gasteiger partial charge in [-0.3, -0.25) is 4.79 Å². The quantitative estimate of drug-likeness (QED) is 0.680.